The topological polar surface area (TPSA) is 69.7 Å². The third-order valence-electron chi connectivity index (χ3n) is 3.84. The van der Waals surface area contributed by atoms with E-state index in [0.717, 1.165) is 25.9 Å². The third kappa shape index (κ3) is 3.70. The SMILES string of the molecule is CNCC1CCCN1C(=O)CCN1C(=O)CCC1=O.Cl. The number of nitrogens with zero attached hydrogens (tertiary/aromatic N) is 2. The first kappa shape index (κ1) is 16.9. The Kier molecular flexibility index (Phi) is 6.42. The summed E-state index contributed by atoms with van der Waals surface area (Å²) < 4.78 is 0. The molecule has 0 aromatic carbocycles. The van der Waals surface area contributed by atoms with Crippen LogP contribution in [0.4, 0.5) is 0 Å². The molecule has 2 heterocycles. The average molecular weight is 304 g/mol. The molecule has 2 fully saturated rings. The van der Waals surface area contributed by atoms with Crippen molar-refractivity contribution in [1.29, 1.82) is 0 Å². The molecule has 0 aromatic heterocycles. The lowest BCUT2D eigenvalue weighted by Crippen LogP contribution is -2.42. The molecule has 0 aliphatic carbocycles. The van der Waals surface area contributed by atoms with Gasteiger partial charge in [-0.25, -0.2) is 0 Å². The van der Waals surface area contributed by atoms with Crippen LogP contribution in [-0.4, -0.2) is 60.2 Å². The Hall–Kier alpha value is -1.14. The van der Waals surface area contributed by atoms with Crippen LogP contribution in [0.2, 0.25) is 0 Å². The summed E-state index contributed by atoms with van der Waals surface area (Å²) in [6.45, 7) is 1.82. The van der Waals surface area contributed by atoms with Crippen LogP contribution in [0.15, 0.2) is 0 Å². The Morgan fingerprint density at radius 1 is 1.30 bits per heavy atom. The lowest BCUT2D eigenvalue weighted by Gasteiger charge is -2.25. The monoisotopic (exact) mass is 303 g/mol. The first-order chi connectivity index (χ1) is 9.13. The van der Waals surface area contributed by atoms with Gasteiger partial charge in [0.25, 0.3) is 0 Å². The predicted octanol–water partition coefficient (Wildman–Crippen LogP) is 0.158. The van der Waals surface area contributed by atoms with Crippen LogP contribution < -0.4 is 5.32 Å². The van der Waals surface area contributed by atoms with Gasteiger partial charge in [-0.3, -0.25) is 19.3 Å². The normalized spacial score (nSPS) is 22.4. The minimum atomic E-state index is -0.147. The Morgan fingerprint density at radius 3 is 2.55 bits per heavy atom. The van der Waals surface area contributed by atoms with Crippen LogP contribution in [0.5, 0.6) is 0 Å². The van der Waals surface area contributed by atoms with E-state index in [1.165, 1.54) is 4.90 Å². The summed E-state index contributed by atoms with van der Waals surface area (Å²) in [6, 6.07) is 0.252. The van der Waals surface area contributed by atoms with Crippen molar-refractivity contribution in [2.24, 2.45) is 0 Å². The van der Waals surface area contributed by atoms with E-state index in [1.54, 1.807) is 0 Å². The molecule has 2 aliphatic rings. The number of carbonyl (C=O) groups is 3. The molecule has 1 atom stereocenters. The van der Waals surface area contributed by atoms with E-state index in [1.807, 2.05) is 11.9 Å². The number of rotatable bonds is 5. The standard InChI is InChI=1S/C13H21N3O3.ClH/c1-14-9-10-3-2-7-15(10)13(19)6-8-16-11(17)4-5-12(16)18;/h10,14H,2-9H2,1H3;1H. The Labute approximate surface area is 125 Å². The van der Waals surface area contributed by atoms with E-state index < -0.39 is 0 Å². The zero-order valence-corrected chi connectivity index (χ0v) is 12.6. The maximum Gasteiger partial charge on any atom is 0.229 e. The number of likely N-dealkylation sites (tertiary alicyclic amines) is 2. The number of hydrogen-bond donors (Lipinski definition) is 1. The van der Waals surface area contributed by atoms with Gasteiger partial charge >= 0.3 is 0 Å². The largest absolute Gasteiger partial charge is 0.338 e. The molecule has 20 heavy (non-hydrogen) atoms. The minimum absolute atomic E-state index is 0. The Morgan fingerprint density at radius 2 is 1.95 bits per heavy atom. The van der Waals surface area contributed by atoms with Gasteiger partial charge in [-0.1, -0.05) is 0 Å². The van der Waals surface area contributed by atoms with Crippen LogP contribution in [-0.2, 0) is 14.4 Å². The summed E-state index contributed by atoms with van der Waals surface area (Å²) >= 11 is 0. The van der Waals surface area contributed by atoms with Crippen LogP contribution in [0, 0.1) is 0 Å². The van der Waals surface area contributed by atoms with Gasteiger partial charge in [-0.05, 0) is 19.9 Å². The van der Waals surface area contributed by atoms with Crippen LogP contribution >= 0.6 is 12.4 Å². The maximum atomic E-state index is 12.1. The number of hydrogen-bond acceptors (Lipinski definition) is 4. The van der Waals surface area contributed by atoms with E-state index in [-0.39, 0.29) is 49.1 Å². The summed E-state index contributed by atoms with van der Waals surface area (Å²) in [5, 5.41) is 3.09. The van der Waals surface area contributed by atoms with Gasteiger partial charge in [0.15, 0.2) is 0 Å². The molecule has 6 nitrogen and oxygen atoms in total. The number of nitrogens with one attached hydrogen (secondary N) is 1. The molecule has 7 heteroatoms. The van der Waals surface area contributed by atoms with Crippen molar-refractivity contribution < 1.29 is 14.4 Å². The van der Waals surface area contributed by atoms with Crippen molar-refractivity contribution in [2.75, 3.05) is 26.7 Å². The van der Waals surface area contributed by atoms with E-state index in [4.69, 9.17) is 0 Å². The third-order valence-corrected chi connectivity index (χ3v) is 3.84. The molecule has 2 saturated heterocycles. The second kappa shape index (κ2) is 7.59. The molecule has 1 N–H and O–H groups in total. The number of likely N-dealkylation sites (N-methyl/N-ethyl adjacent to an activating group) is 1. The van der Waals surface area contributed by atoms with Crippen molar-refractivity contribution in [2.45, 2.75) is 38.1 Å². The lowest BCUT2D eigenvalue weighted by molar-refractivity contribution is -0.139. The molecule has 0 radical (unpaired) electrons. The zero-order valence-electron chi connectivity index (χ0n) is 11.8. The molecule has 2 rings (SSSR count). The fraction of sp³-hybridized carbons (Fsp3) is 0.769. The highest BCUT2D eigenvalue weighted by Gasteiger charge is 2.31. The number of imide groups is 1. The second-order valence-electron chi connectivity index (χ2n) is 5.13. The van der Waals surface area contributed by atoms with Gasteiger partial charge in [-0.15, -0.1) is 12.4 Å². The van der Waals surface area contributed by atoms with Gasteiger partial charge in [-0.2, -0.15) is 0 Å². The van der Waals surface area contributed by atoms with Crippen LogP contribution in [0.1, 0.15) is 32.1 Å². The van der Waals surface area contributed by atoms with Gasteiger partial charge in [0.1, 0.15) is 0 Å². The fourth-order valence-corrected chi connectivity index (χ4v) is 2.84. The molecule has 0 bridgehead atoms. The van der Waals surface area contributed by atoms with Gasteiger partial charge in [0, 0.05) is 44.9 Å². The lowest BCUT2D eigenvalue weighted by atomic mass is 10.2. The second-order valence-corrected chi connectivity index (χ2v) is 5.13. The predicted molar refractivity (Wildman–Crippen MR) is 76.5 cm³/mol. The van der Waals surface area contributed by atoms with Crippen LogP contribution in [0.3, 0.4) is 0 Å². The molecule has 0 aromatic rings. The van der Waals surface area contributed by atoms with Crippen molar-refractivity contribution in [3.8, 4) is 0 Å². The summed E-state index contributed by atoms with van der Waals surface area (Å²) in [5.74, 6) is -0.248. The highest BCUT2D eigenvalue weighted by molar-refractivity contribution is 6.02. The molecular weight excluding hydrogens is 282 g/mol. The van der Waals surface area contributed by atoms with Gasteiger partial charge < -0.3 is 10.2 Å². The quantitative estimate of drug-likeness (QED) is 0.735. The minimum Gasteiger partial charge on any atom is -0.338 e. The number of amides is 3. The molecule has 2 aliphatic heterocycles. The van der Waals surface area contributed by atoms with Crippen molar-refractivity contribution in [1.82, 2.24) is 15.1 Å². The Balaban J connectivity index is 0.00000200. The van der Waals surface area contributed by atoms with E-state index in [2.05, 4.69) is 5.32 Å². The number of halogens is 1. The summed E-state index contributed by atoms with van der Waals surface area (Å²) in [5.41, 5.74) is 0. The van der Waals surface area contributed by atoms with Crippen molar-refractivity contribution in [3.63, 3.8) is 0 Å². The highest BCUT2D eigenvalue weighted by atomic mass is 35.5. The van der Waals surface area contributed by atoms with E-state index in [9.17, 15) is 14.4 Å². The van der Waals surface area contributed by atoms with E-state index >= 15 is 0 Å². The first-order valence-electron chi connectivity index (χ1n) is 6.90. The molecule has 0 saturated carbocycles. The zero-order chi connectivity index (χ0) is 13.8. The Bertz CT molecular complexity index is 373. The fourth-order valence-electron chi connectivity index (χ4n) is 2.84. The van der Waals surface area contributed by atoms with Gasteiger partial charge in [0.05, 0.1) is 0 Å². The first-order valence-corrected chi connectivity index (χ1v) is 6.90. The molecule has 0 spiro atoms. The average Bonchev–Trinajstić information content (AvgIpc) is 2.96. The molecular formula is C13H22ClN3O3. The molecule has 114 valence electrons. The summed E-state index contributed by atoms with van der Waals surface area (Å²) in [6.07, 6.45) is 2.88. The summed E-state index contributed by atoms with van der Waals surface area (Å²) in [4.78, 5) is 38.2. The maximum absolute atomic E-state index is 12.1. The van der Waals surface area contributed by atoms with E-state index in [0.29, 0.717) is 12.8 Å². The number of carbonyl (C=O) groups excluding carboxylic acids is 3. The smallest absolute Gasteiger partial charge is 0.229 e. The molecule has 1 unspecified atom stereocenters. The van der Waals surface area contributed by atoms with Crippen LogP contribution in [0.25, 0.3) is 0 Å². The van der Waals surface area contributed by atoms with Crippen molar-refractivity contribution in [3.05, 3.63) is 0 Å². The van der Waals surface area contributed by atoms with Crippen molar-refractivity contribution >= 4 is 30.1 Å². The highest BCUT2D eigenvalue weighted by Crippen LogP contribution is 2.18. The molecule has 3 amide bonds. The van der Waals surface area contributed by atoms with Gasteiger partial charge in [0.2, 0.25) is 17.7 Å². The summed E-state index contributed by atoms with van der Waals surface area (Å²) in [7, 11) is 1.88.